The molecule has 0 amide bonds. The highest BCUT2D eigenvalue weighted by molar-refractivity contribution is 7.71. The molecule has 0 radical (unpaired) electrons. The molecule has 26 heavy (non-hydrogen) atoms. The standard InChI is InChI=1S/C19H21ClN4OS/c1-2-3-18-22-23-19(26)24(18)21-12-14-6-10-17(11-7-14)25-13-15-4-8-16(20)9-5-15/h4-11,21H,2-3,12-13H2,1H3,(H,23,26). The highest BCUT2D eigenvalue weighted by atomic mass is 35.5. The number of aromatic nitrogens is 3. The van der Waals surface area contributed by atoms with Gasteiger partial charge < -0.3 is 10.2 Å². The van der Waals surface area contributed by atoms with E-state index in [1.807, 2.05) is 53.2 Å². The largest absolute Gasteiger partial charge is 0.489 e. The average Bonchev–Trinajstić information content (AvgIpc) is 3.00. The minimum absolute atomic E-state index is 0.513. The number of aryl methyl sites for hydroxylation is 1. The van der Waals surface area contributed by atoms with Crippen molar-refractivity contribution < 1.29 is 4.74 Å². The summed E-state index contributed by atoms with van der Waals surface area (Å²) < 4.78 is 8.22. The Bertz CT molecular complexity index is 887. The van der Waals surface area contributed by atoms with Crippen LogP contribution in [-0.4, -0.2) is 14.9 Å². The van der Waals surface area contributed by atoms with Gasteiger partial charge in [-0.15, -0.1) is 0 Å². The minimum Gasteiger partial charge on any atom is -0.489 e. The van der Waals surface area contributed by atoms with Crippen molar-refractivity contribution in [2.24, 2.45) is 0 Å². The van der Waals surface area contributed by atoms with Gasteiger partial charge in [-0.25, -0.2) is 4.68 Å². The number of nitrogens with zero attached hydrogens (tertiary/aromatic N) is 2. The van der Waals surface area contributed by atoms with E-state index < -0.39 is 0 Å². The molecular formula is C19H21ClN4OS. The number of ether oxygens (including phenoxy) is 1. The molecule has 0 aliphatic rings. The van der Waals surface area contributed by atoms with E-state index in [4.69, 9.17) is 28.6 Å². The maximum Gasteiger partial charge on any atom is 0.214 e. The van der Waals surface area contributed by atoms with Gasteiger partial charge in [-0.3, -0.25) is 5.10 Å². The van der Waals surface area contributed by atoms with Crippen LogP contribution in [0.3, 0.4) is 0 Å². The third-order valence-corrected chi connectivity index (χ3v) is 4.42. The van der Waals surface area contributed by atoms with Gasteiger partial charge in [0.2, 0.25) is 4.77 Å². The first-order valence-electron chi connectivity index (χ1n) is 8.52. The molecule has 5 nitrogen and oxygen atoms in total. The Labute approximate surface area is 162 Å². The zero-order valence-electron chi connectivity index (χ0n) is 14.5. The van der Waals surface area contributed by atoms with Crippen LogP contribution < -0.4 is 10.2 Å². The summed E-state index contributed by atoms with van der Waals surface area (Å²) >= 11 is 11.2. The molecule has 0 unspecified atom stereocenters. The summed E-state index contributed by atoms with van der Waals surface area (Å²) in [6.07, 6.45) is 1.89. The number of aromatic amines is 1. The van der Waals surface area contributed by atoms with Crippen molar-refractivity contribution >= 4 is 23.8 Å². The summed E-state index contributed by atoms with van der Waals surface area (Å²) in [5.41, 5.74) is 5.53. The fourth-order valence-corrected chi connectivity index (χ4v) is 2.85. The molecule has 0 saturated carbocycles. The van der Waals surface area contributed by atoms with Gasteiger partial charge in [-0.1, -0.05) is 42.8 Å². The summed E-state index contributed by atoms with van der Waals surface area (Å²) in [4.78, 5) is 0. The van der Waals surface area contributed by atoms with Gasteiger partial charge in [0.05, 0.1) is 6.54 Å². The summed E-state index contributed by atoms with van der Waals surface area (Å²) in [6.45, 7) is 3.28. The van der Waals surface area contributed by atoms with Gasteiger partial charge in [-0.05, 0) is 54.0 Å². The second kappa shape index (κ2) is 8.87. The molecule has 3 rings (SSSR count). The number of H-pyrrole nitrogens is 1. The molecule has 1 aromatic heterocycles. The lowest BCUT2D eigenvalue weighted by atomic mass is 10.2. The Morgan fingerprint density at radius 3 is 2.50 bits per heavy atom. The van der Waals surface area contributed by atoms with E-state index in [-0.39, 0.29) is 0 Å². The number of rotatable bonds is 8. The van der Waals surface area contributed by atoms with E-state index >= 15 is 0 Å². The van der Waals surface area contributed by atoms with Crippen LogP contribution in [0.1, 0.15) is 30.3 Å². The second-order valence-corrected chi connectivity index (χ2v) is 6.75. The number of nitrogens with one attached hydrogen (secondary N) is 2. The molecule has 7 heteroatoms. The molecule has 0 atom stereocenters. The Hall–Kier alpha value is -2.31. The first-order valence-corrected chi connectivity index (χ1v) is 9.30. The summed E-state index contributed by atoms with van der Waals surface area (Å²) in [5.74, 6) is 1.75. The molecular weight excluding hydrogens is 368 g/mol. The van der Waals surface area contributed by atoms with E-state index in [0.717, 1.165) is 40.6 Å². The Balaban J connectivity index is 1.55. The number of hydrogen-bond donors (Lipinski definition) is 2. The molecule has 0 bridgehead atoms. The van der Waals surface area contributed by atoms with Crippen molar-refractivity contribution in [1.82, 2.24) is 14.9 Å². The van der Waals surface area contributed by atoms with Gasteiger partial charge in [0.1, 0.15) is 12.4 Å². The van der Waals surface area contributed by atoms with Crippen molar-refractivity contribution in [1.29, 1.82) is 0 Å². The van der Waals surface area contributed by atoms with Crippen LogP contribution >= 0.6 is 23.8 Å². The summed E-state index contributed by atoms with van der Waals surface area (Å²) in [5, 5.41) is 7.80. The van der Waals surface area contributed by atoms with E-state index in [1.165, 1.54) is 0 Å². The Morgan fingerprint density at radius 2 is 1.81 bits per heavy atom. The van der Waals surface area contributed by atoms with Gasteiger partial charge >= 0.3 is 0 Å². The number of hydrogen-bond acceptors (Lipinski definition) is 4. The summed E-state index contributed by atoms with van der Waals surface area (Å²) in [6, 6.07) is 15.7. The van der Waals surface area contributed by atoms with Gasteiger partial charge in [-0.2, -0.15) is 5.10 Å². The van der Waals surface area contributed by atoms with Crippen molar-refractivity contribution in [2.75, 3.05) is 5.43 Å². The van der Waals surface area contributed by atoms with Crippen LogP contribution in [0.4, 0.5) is 0 Å². The first-order chi connectivity index (χ1) is 12.7. The zero-order valence-corrected chi connectivity index (χ0v) is 16.1. The van der Waals surface area contributed by atoms with Crippen molar-refractivity contribution in [3.63, 3.8) is 0 Å². The highest BCUT2D eigenvalue weighted by Gasteiger charge is 2.05. The second-order valence-electron chi connectivity index (χ2n) is 5.92. The van der Waals surface area contributed by atoms with Crippen LogP contribution in [0.15, 0.2) is 48.5 Å². The van der Waals surface area contributed by atoms with E-state index in [1.54, 1.807) is 0 Å². The third kappa shape index (κ3) is 4.86. The van der Waals surface area contributed by atoms with Gasteiger partial charge in [0.15, 0.2) is 5.82 Å². The van der Waals surface area contributed by atoms with Gasteiger partial charge in [0, 0.05) is 11.4 Å². The Kier molecular flexibility index (Phi) is 6.30. The lowest BCUT2D eigenvalue weighted by Crippen LogP contribution is -2.17. The topological polar surface area (TPSA) is 54.9 Å². The van der Waals surface area contributed by atoms with E-state index in [9.17, 15) is 0 Å². The maximum atomic E-state index is 5.89. The fourth-order valence-electron chi connectivity index (χ4n) is 2.51. The predicted molar refractivity (Wildman–Crippen MR) is 107 cm³/mol. The molecule has 0 spiro atoms. The normalized spacial score (nSPS) is 10.7. The van der Waals surface area contributed by atoms with Crippen LogP contribution in [0, 0.1) is 4.77 Å². The van der Waals surface area contributed by atoms with E-state index in [0.29, 0.717) is 17.9 Å². The zero-order chi connectivity index (χ0) is 18.4. The summed E-state index contributed by atoms with van der Waals surface area (Å²) in [7, 11) is 0. The number of halogens is 1. The molecule has 3 aromatic rings. The maximum absolute atomic E-state index is 5.89. The SMILES string of the molecule is CCCc1n[nH]c(=S)n1NCc1ccc(OCc2ccc(Cl)cc2)cc1. The van der Waals surface area contributed by atoms with Crippen LogP contribution in [0.5, 0.6) is 5.75 Å². The average molecular weight is 389 g/mol. The lowest BCUT2D eigenvalue weighted by molar-refractivity contribution is 0.306. The fraction of sp³-hybridized carbons (Fsp3) is 0.263. The van der Waals surface area contributed by atoms with E-state index in [2.05, 4.69) is 22.5 Å². The molecule has 0 fully saturated rings. The Morgan fingerprint density at radius 1 is 1.12 bits per heavy atom. The lowest BCUT2D eigenvalue weighted by Gasteiger charge is -2.11. The van der Waals surface area contributed by atoms with Crippen LogP contribution in [-0.2, 0) is 19.6 Å². The molecule has 0 aliphatic carbocycles. The van der Waals surface area contributed by atoms with Crippen LogP contribution in [0.25, 0.3) is 0 Å². The molecule has 2 aromatic carbocycles. The van der Waals surface area contributed by atoms with Crippen molar-refractivity contribution in [3.05, 3.63) is 75.3 Å². The number of benzene rings is 2. The quantitative estimate of drug-likeness (QED) is 0.540. The first kappa shape index (κ1) is 18.5. The monoisotopic (exact) mass is 388 g/mol. The minimum atomic E-state index is 0.513. The van der Waals surface area contributed by atoms with Crippen molar-refractivity contribution in [2.45, 2.75) is 32.9 Å². The molecule has 0 aliphatic heterocycles. The smallest absolute Gasteiger partial charge is 0.214 e. The highest BCUT2D eigenvalue weighted by Crippen LogP contribution is 2.16. The predicted octanol–water partition coefficient (Wildman–Crippen LogP) is 4.87. The molecule has 136 valence electrons. The molecule has 2 N–H and O–H groups in total. The van der Waals surface area contributed by atoms with Crippen LogP contribution in [0.2, 0.25) is 5.02 Å². The van der Waals surface area contributed by atoms with Gasteiger partial charge in [0.25, 0.3) is 0 Å². The third-order valence-electron chi connectivity index (χ3n) is 3.90. The molecule has 0 saturated heterocycles. The van der Waals surface area contributed by atoms with Crippen molar-refractivity contribution in [3.8, 4) is 5.75 Å². The molecule has 1 heterocycles.